The smallest absolute Gasteiger partial charge is 0.255 e. The lowest BCUT2D eigenvalue weighted by Gasteiger charge is -2.08. The van der Waals surface area contributed by atoms with E-state index in [2.05, 4.69) is 15.6 Å². The molecule has 0 radical (unpaired) electrons. The third-order valence-electron chi connectivity index (χ3n) is 2.76. The van der Waals surface area contributed by atoms with Gasteiger partial charge in [0, 0.05) is 35.6 Å². The van der Waals surface area contributed by atoms with Gasteiger partial charge in [0.2, 0.25) is 11.5 Å². The van der Waals surface area contributed by atoms with Gasteiger partial charge in [0.05, 0.1) is 0 Å². The molecule has 2 amide bonds. The van der Waals surface area contributed by atoms with Gasteiger partial charge in [-0.1, -0.05) is 13.0 Å². The minimum atomic E-state index is -0.389. The summed E-state index contributed by atoms with van der Waals surface area (Å²) in [7, 11) is 0. The zero-order valence-corrected chi connectivity index (χ0v) is 11.5. The van der Waals surface area contributed by atoms with Gasteiger partial charge < -0.3 is 15.6 Å². The number of hydrogen-bond acceptors (Lipinski definition) is 3. The van der Waals surface area contributed by atoms with Crippen molar-refractivity contribution in [1.82, 2.24) is 4.98 Å². The molecule has 0 spiro atoms. The van der Waals surface area contributed by atoms with Crippen molar-refractivity contribution in [1.29, 1.82) is 0 Å². The number of anilines is 2. The van der Waals surface area contributed by atoms with Gasteiger partial charge in [-0.25, -0.2) is 0 Å². The SMILES string of the molecule is CCC(=O)Nc1cccc(NC(=O)c2cc[nH]c(=O)c2)c1. The van der Waals surface area contributed by atoms with E-state index in [1.807, 2.05) is 0 Å². The van der Waals surface area contributed by atoms with Crippen LogP contribution in [-0.2, 0) is 4.79 Å². The van der Waals surface area contributed by atoms with Gasteiger partial charge in [0.1, 0.15) is 0 Å². The number of H-pyrrole nitrogens is 1. The highest BCUT2D eigenvalue weighted by molar-refractivity contribution is 6.04. The average molecular weight is 285 g/mol. The first-order valence-electron chi connectivity index (χ1n) is 6.48. The molecule has 0 unspecified atom stereocenters. The Morgan fingerprint density at radius 3 is 2.48 bits per heavy atom. The standard InChI is InChI=1S/C15H15N3O3/c1-2-13(19)17-11-4-3-5-12(9-11)18-15(21)10-6-7-16-14(20)8-10/h3-9H,2H2,1H3,(H,16,20)(H,17,19)(H,18,21). The molecule has 0 bridgehead atoms. The van der Waals surface area contributed by atoms with E-state index >= 15 is 0 Å². The van der Waals surface area contributed by atoms with Crippen LogP contribution >= 0.6 is 0 Å². The number of aromatic amines is 1. The zero-order chi connectivity index (χ0) is 15.2. The summed E-state index contributed by atoms with van der Waals surface area (Å²) in [6.07, 6.45) is 1.79. The molecule has 1 aromatic heterocycles. The number of carbonyl (C=O) groups excluding carboxylic acids is 2. The number of nitrogens with one attached hydrogen (secondary N) is 3. The largest absolute Gasteiger partial charge is 0.329 e. The lowest BCUT2D eigenvalue weighted by molar-refractivity contribution is -0.115. The number of aromatic nitrogens is 1. The second kappa shape index (κ2) is 6.51. The first-order chi connectivity index (χ1) is 10.1. The Morgan fingerprint density at radius 1 is 1.10 bits per heavy atom. The van der Waals surface area contributed by atoms with Crippen molar-refractivity contribution in [3.05, 3.63) is 58.5 Å². The number of benzene rings is 1. The summed E-state index contributed by atoms with van der Waals surface area (Å²) in [6.45, 7) is 1.76. The van der Waals surface area contributed by atoms with E-state index in [4.69, 9.17) is 0 Å². The molecule has 1 heterocycles. The van der Waals surface area contributed by atoms with Crippen LogP contribution in [0.3, 0.4) is 0 Å². The van der Waals surface area contributed by atoms with Crippen molar-refractivity contribution < 1.29 is 9.59 Å². The van der Waals surface area contributed by atoms with Gasteiger partial charge >= 0.3 is 0 Å². The van der Waals surface area contributed by atoms with E-state index in [0.29, 0.717) is 17.8 Å². The summed E-state index contributed by atoms with van der Waals surface area (Å²) in [5.41, 5.74) is 1.06. The summed E-state index contributed by atoms with van der Waals surface area (Å²) in [5.74, 6) is -0.492. The lowest BCUT2D eigenvalue weighted by atomic mass is 10.2. The van der Waals surface area contributed by atoms with Crippen molar-refractivity contribution in [2.45, 2.75) is 13.3 Å². The van der Waals surface area contributed by atoms with Crippen LogP contribution in [0.15, 0.2) is 47.4 Å². The lowest BCUT2D eigenvalue weighted by Crippen LogP contribution is -2.16. The van der Waals surface area contributed by atoms with Gasteiger partial charge in [-0.2, -0.15) is 0 Å². The molecule has 0 aliphatic carbocycles. The molecule has 0 fully saturated rings. The molecule has 3 N–H and O–H groups in total. The van der Waals surface area contributed by atoms with Crippen LogP contribution in [-0.4, -0.2) is 16.8 Å². The average Bonchev–Trinajstić information content (AvgIpc) is 2.47. The highest BCUT2D eigenvalue weighted by atomic mass is 16.2. The summed E-state index contributed by atoms with van der Waals surface area (Å²) >= 11 is 0. The Balaban J connectivity index is 2.12. The van der Waals surface area contributed by atoms with Crippen LogP contribution in [0.1, 0.15) is 23.7 Å². The van der Waals surface area contributed by atoms with Gasteiger partial charge in [-0.15, -0.1) is 0 Å². The molecule has 6 nitrogen and oxygen atoms in total. The van der Waals surface area contributed by atoms with Crippen LogP contribution in [0, 0.1) is 0 Å². The fraction of sp³-hybridized carbons (Fsp3) is 0.133. The number of carbonyl (C=O) groups is 2. The topological polar surface area (TPSA) is 91.1 Å². The van der Waals surface area contributed by atoms with E-state index in [9.17, 15) is 14.4 Å². The monoisotopic (exact) mass is 285 g/mol. The summed E-state index contributed by atoms with van der Waals surface area (Å²) in [5, 5.41) is 5.38. The number of hydrogen-bond donors (Lipinski definition) is 3. The molecule has 2 aromatic rings. The third kappa shape index (κ3) is 4.04. The number of rotatable bonds is 4. The Kier molecular flexibility index (Phi) is 4.50. The molecular formula is C15H15N3O3. The van der Waals surface area contributed by atoms with Crippen molar-refractivity contribution in [2.75, 3.05) is 10.6 Å². The molecule has 0 aliphatic rings. The van der Waals surface area contributed by atoms with Gasteiger partial charge in [-0.05, 0) is 24.3 Å². The first-order valence-corrected chi connectivity index (χ1v) is 6.48. The van der Waals surface area contributed by atoms with E-state index < -0.39 is 0 Å². The summed E-state index contributed by atoms with van der Waals surface area (Å²) in [6, 6.07) is 9.54. The van der Waals surface area contributed by atoms with Crippen molar-refractivity contribution in [2.24, 2.45) is 0 Å². The Hall–Kier alpha value is -2.89. The van der Waals surface area contributed by atoms with E-state index in [1.165, 1.54) is 18.3 Å². The quantitative estimate of drug-likeness (QED) is 0.802. The zero-order valence-electron chi connectivity index (χ0n) is 11.5. The van der Waals surface area contributed by atoms with Crippen LogP contribution < -0.4 is 16.2 Å². The third-order valence-corrected chi connectivity index (χ3v) is 2.76. The Bertz CT molecular complexity index is 722. The predicted molar refractivity (Wildman–Crippen MR) is 80.4 cm³/mol. The summed E-state index contributed by atoms with van der Waals surface area (Å²) < 4.78 is 0. The van der Waals surface area contributed by atoms with Crippen LogP contribution in [0.25, 0.3) is 0 Å². The Morgan fingerprint density at radius 2 is 1.81 bits per heavy atom. The fourth-order valence-corrected chi connectivity index (χ4v) is 1.71. The molecule has 21 heavy (non-hydrogen) atoms. The van der Waals surface area contributed by atoms with Crippen molar-refractivity contribution in [3.63, 3.8) is 0 Å². The Labute approximate surface area is 121 Å². The molecule has 0 atom stereocenters. The van der Waals surface area contributed by atoms with Crippen molar-refractivity contribution in [3.8, 4) is 0 Å². The normalized spacial score (nSPS) is 9.95. The van der Waals surface area contributed by atoms with E-state index in [-0.39, 0.29) is 22.9 Å². The van der Waals surface area contributed by atoms with E-state index in [1.54, 1.807) is 31.2 Å². The maximum Gasteiger partial charge on any atom is 0.255 e. The summed E-state index contributed by atoms with van der Waals surface area (Å²) in [4.78, 5) is 37.0. The minimum Gasteiger partial charge on any atom is -0.329 e. The second-order valence-electron chi connectivity index (χ2n) is 4.38. The van der Waals surface area contributed by atoms with Crippen molar-refractivity contribution >= 4 is 23.2 Å². The fourth-order valence-electron chi connectivity index (χ4n) is 1.71. The van der Waals surface area contributed by atoms with Gasteiger partial charge in [-0.3, -0.25) is 14.4 Å². The molecule has 0 saturated carbocycles. The molecule has 108 valence electrons. The van der Waals surface area contributed by atoms with Crippen LogP contribution in [0.5, 0.6) is 0 Å². The highest BCUT2D eigenvalue weighted by Crippen LogP contribution is 2.16. The number of pyridine rings is 1. The second-order valence-corrected chi connectivity index (χ2v) is 4.38. The van der Waals surface area contributed by atoms with Crippen LogP contribution in [0.4, 0.5) is 11.4 Å². The molecule has 0 aliphatic heterocycles. The van der Waals surface area contributed by atoms with Gasteiger partial charge in [0.15, 0.2) is 0 Å². The number of amides is 2. The molecule has 0 saturated heterocycles. The maximum atomic E-state index is 12.0. The molecule has 6 heteroatoms. The first kappa shape index (κ1) is 14.5. The molecular weight excluding hydrogens is 270 g/mol. The van der Waals surface area contributed by atoms with E-state index in [0.717, 1.165) is 0 Å². The molecule has 2 rings (SSSR count). The van der Waals surface area contributed by atoms with Crippen LogP contribution in [0.2, 0.25) is 0 Å². The maximum absolute atomic E-state index is 12.0. The highest BCUT2D eigenvalue weighted by Gasteiger charge is 2.07. The van der Waals surface area contributed by atoms with Gasteiger partial charge in [0.25, 0.3) is 5.91 Å². The molecule has 1 aromatic carbocycles. The minimum absolute atomic E-state index is 0.104. The predicted octanol–water partition coefficient (Wildman–Crippen LogP) is 1.98.